The van der Waals surface area contributed by atoms with Crippen LogP contribution in [-0.4, -0.2) is 18.7 Å². The van der Waals surface area contributed by atoms with Crippen LogP contribution in [0.15, 0.2) is 28.7 Å². The van der Waals surface area contributed by atoms with Crippen LogP contribution in [0.1, 0.15) is 11.9 Å². The number of fused-ring (bicyclic) bond motifs is 1. The second kappa shape index (κ2) is 3.77. The van der Waals surface area contributed by atoms with Gasteiger partial charge in [0, 0.05) is 7.11 Å². The van der Waals surface area contributed by atoms with Crippen LogP contribution in [0.3, 0.4) is 0 Å². The van der Waals surface area contributed by atoms with Crippen LogP contribution < -0.4 is 5.73 Å². The second-order valence-electron chi connectivity index (χ2n) is 3.08. The first-order valence-corrected chi connectivity index (χ1v) is 4.41. The molecule has 0 aliphatic carbocycles. The van der Waals surface area contributed by atoms with E-state index in [0.717, 1.165) is 11.1 Å². The summed E-state index contributed by atoms with van der Waals surface area (Å²) in [6.07, 6.45) is 0. The standard InChI is InChI=1S/C10H12N2O2/c1-13-6-7(11)10-12-8-4-2-3-5-9(8)14-10/h2-5,7H,6,11H2,1H3. The van der Waals surface area contributed by atoms with Gasteiger partial charge in [-0.1, -0.05) is 12.1 Å². The Balaban J connectivity index is 2.35. The predicted molar refractivity (Wildman–Crippen MR) is 52.8 cm³/mol. The van der Waals surface area contributed by atoms with Crippen molar-refractivity contribution in [2.45, 2.75) is 6.04 Å². The van der Waals surface area contributed by atoms with Gasteiger partial charge in [0.15, 0.2) is 5.58 Å². The lowest BCUT2D eigenvalue weighted by atomic mass is 10.3. The molecule has 0 fully saturated rings. The zero-order chi connectivity index (χ0) is 9.97. The molecule has 2 N–H and O–H groups in total. The highest BCUT2D eigenvalue weighted by Crippen LogP contribution is 2.18. The van der Waals surface area contributed by atoms with Crippen LogP contribution in [0.2, 0.25) is 0 Å². The summed E-state index contributed by atoms with van der Waals surface area (Å²) in [6.45, 7) is 0.410. The Morgan fingerprint density at radius 3 is 3.00 bits per heavy atom. The van der Waals surface area contributed by atoms with Gasteiger partial charge in [-0.25, -0.2) is 4.98 Å². The molecule has 0 saturated carbocycles. The van der Waals surface area contributed by atoms with Gasteiger partial charge in [-0.05, 0) is 12.1 Å². The number of benzene rings is 1. The number of aromatic nitrogens is 1. The minimum atomic E-state index is -0.299. The topological polar surface area (TPSA) is 61.3 Å². The molecular weight excluding hydrogens is 180 g/mol. The molecule has 4 nitrogen and oxygen atoms in total. The van der Waals surface area contributed by atoms with Gasteiger partial charge in [-0.3, -0.25) is 0 Å². The number of para-hydroxylation sites is 2. The van der Waals surface area contributed by atoms with Crippen molar-refractivity contribution >= 4 is 11.1 Å². The van der Waals surface area contributed by atoms with E-state index >= 15 is 0 Å². The Labute approximate surface area is 81.7 Å². The highest BCUT2D eigenvalue weighted by atomic mass is 16.5. The van der Waals surface area contributed by atoms with Gasteiger partial charge in [0.2, 0.25) is 5.89 Å². The summed E-state index contributed by atoms with van der Waals surface area (Å²) >= 11 is 0. The van der Waals surface area contributed by atoms with Crippen molar-refractivity contribution in [2.75, 3.05) is 13.7 Å². The lowest BCUT2D eigenvalue weighted by Crippen LogP contribution is -2.16. The van der Waals surface area contributed by atoms with Crippen molar-refractivity contribution in [3.63, 3.8) is 0 Å². The van der Waals surface area contributed by atoms with Crippen molar-refractivity contribution < 1.29 is 9.15 Å². The molecule has 0 saturated heterocycles. The van der Waals surface area contributed by atoms with E-state index in [-0.39, 0.29) is 6.04 Å². The molecule has 14 heavy (non-hydrogen) atoms. The highest BCUT2D eigenvalue weighted by molar-refractivity contribution is 5.72. The molecule has 1 aromatic heterocycles. The number of nitrogens with two attached hydrogens (primary N) is 1. The van der Waals surface area contributed by atoms with Crippen molar-refractivity contribution in [2.24, 2.45) is 5.73 Å². The number of hydrogen-bond acceptors (Lipinski definition) is 4. The van der Waals surface area contributed by atoms with Gasteiger partial charge < -0.3 is 14.9 Å². The fraction of sp³-hybridized carbons (Fsp3) is 0.300. The molecule has 1 heterocycles. The van der Waals surface area contributed by atoms with E-state index in [0.29, 0.717) is 12.5 Å². The molecule has 0 aliphatic rings. The normalized spacial score (nSPS) is 13.3. The predicted octanol–water partition coefficient (Wildman–Crippen LogP) is 1.47. The zero-order valence-corrected chi connectivity index (χ0v) is 7.93. The Morgan fingerprint density at radius 2 is 2.29 bits per heavy atom. The van der Waals surface area contributed by atoms with Gasteiger partial charge in [0.05, 0.1) is 6.61 Å². The minimum Gasteiger partial charge on any atom is -0.439 e. The van der Waals surface area contributed by atoms with Crippen LogP contribution in [0.4, 0.5) is 0 Å². The van der Waals surface area contributed by atoms with Crippen molar-refractivity contribution in [1.29, 1.82) is 0 Å². The summed E-state index contributed by atoms with van der Waals surface area (Å²) in [7, 11) is 1.60. The third kappa shape index (κ3) is 1.62. The number of ether oxygens (including phenoxy) is 1. The van der Waals surface area contributed by atoms with Gasteiger partial charge in [-0.15, -0.1) is 0 Å². The third-order valence-electron chi connectivity index (χ3n) is 1.97. The summed E-state index contributed by atoms with van der Waals surface area (Å²) in [6, 6.07) is 7.27. The molecule has 2 rings (SSSR count). The smallest absolute Gasteiger partial charge is 0.214 e. The van der Waals surface area contributed by atoms with Crippen LogP contribution in [0, 0.1) is 0 Å². The highest BCUT2D eigenvalue weighted by Gasteiger charge is 2.12. The SMILES string of the molecule is COCC(N)c1nc2ccccc2o1. The minimum absolute atomic E-state index is 0.299. The summed E-state index contributed by atoms with van der Waals surface area (Å²) in [5.41, 5.74) is 7.37. The zero-order valence-electron chi connectivity index (χ0n) is 7.93. The van der Waals surface area contributed by atoms with Crippen LogP contribution in [0.5, 0.6) is 0 Å². The Morgan fingerprint density at radius 1 is 1.50 bits per heavy atom. The van der Waals surface area contributed by atoms with Crippen LogP contribution in [0.25, 0.3) is 11.1 Å². The number of oxazole rings is 1. The average Bonchev–Trinajstić information content (AvgIpc) is 2.61. The maximum atomic E-state index is 5.79. The fourth-order valence-corrected chi connectivity index (χ4v) is 1.30. The maximum Gasteiger partial charge on any atom is 0.214 e. The molecule has 1 unspecified atom stereocenters. The van der Waals surface area contributed by atoms with E-state index in [2.05, 4.69) is 4.98 Å². The molecule has 74 valence electrons. The summed E-state index contributed by atoms with van der Waals surface area (Å²) < 4.78 is 10.4. The van der Waals surface area contributed by atoms with Gasteiger partial charge >= 0.3 is 0 Å². The van der Waals surface area contributed by atoms with Crippen LogP contribution >= 0.6 is 0 Å². The maximum absolute atomic E-state index is 5.79. The summed E-state index contributed by atoms with van der Waals surface area (Å²) in [5, 5.41) is 0. The summed E-state index contributed by atoms with van der Waals surface area (Å²) in [4.78, 5) is 4.26. The molecule has 2 aromatic rings. The van der Waals surface area contributed by atoms with E-state index < -0.39 is 0 Å². The number of nitrogens with zero attached hydrogens (tertiary/aromatic N) is 1. The first-order chi connectivity index (χ1) is 6.81. The lowest BCUT2D eigenvalue weighted by molar-refractivity contribution is 0.171. The average molecular weight is 192 g/mol. The van der Waals surface area contributed by atoms with E-state index in [1.807, 2.05) is 24.3 Å². The van der Waals surface area contributed by atoms with E-state index in [1.165, 1.54) is 0 Å². The molecule has 0 spiro atoms. The fourth-order valence-electron chi connectivity index (χ4n) is 1.30. The first-order valence-electron chi connectivity index (χ1n) is 4.41. The third-order valence-corrected chi connectivity index (χ3v) is 1.97. The van der Waals surface area contributed by atoms with Crippen molar-refractivity contribution in [3.8, 4) is 0 Å². The molecular formula is C10H12N2O2. The molecule has 0 bridgehead atoms. The Bertz CT molecular complexity index is 392. The molecule has 0 aliphatic heterocycles. The quantitative estimate of drug-likeness (QED) is 0.800. The van der Waals surface area contributed by atoms with E-state index in [4.69, 9.17) is 14.9 Å². The van der Waals surface area contributed by atoms with Crippen LogP contribution in [-0.2, 0) is 4.74 Å². The molecule has 1 aromatic carbocycles. The summed E-state index contributed by atoms with van der Waals surface area (Å²) in [5.74, 6) is 0.521. The Hall–Kier alpha value is -1.39. The molecule has 4 heteroatoms. The molecule has 0 radical (unpaired) electrons. The Kier molecular flexibility index (Phi) is 2.47. The number of rotatable bonds is 3. The van der Waals surface area contributed by atoms with Gasteiger partial charge in [0.1, 0.15) is 11.6 Å². The van der Waals surface area contributed by atoms with E-state index in [1.54, 1.807) is 7.11 Å². The first kappa shape index (κ1) is 9.18. The van der Waals surface area contributed by atoms with Gasteiger partial charge in [0.25, 0.3) is 0 Å². The van der Waals surface area contributed by atoms with Crippen molar-refractivity contribution in [3.05, 3.63) is 30.2 Å². The van der Waals surface area contributed by atoms with Crippen molar-refractivity contribution in [1.82, 2.24) is 4.98 Å². The largest absolute Gasteiger partial charge is 0.439 e. The number of hydrogen-bond donors (Lipinski definition) is 1. The number of methoxy groups -OCH3 is 1. The van der Waals surface area contributed by atoms with Gasteiger partial charge in [-0.2, -0.15) is 0 Å². The molecule has 0 amide bonds. The monoisotopic (exact) mass is 192 g/mol. The second-order valence-corrected chi connectivity index (χ2v) is 3.08. The molecule has 1 atom stereocenters. The lowest BCUT2D eigenvalue weighted by Gasteiger charge is -2.03. The van der Waals surface area contributed by atoms with E-state index in [9.17, 15) is 0 Å².